The van der Waals surface area contributed by atoms with Gasteiger partial charge in [-0.3, -0.25) is 0 Å². The van der Waals surface area contributed by atoms with Crippen molar-refractivity contribution in [1.29, 1.82) is 0 Å². The zero-order valence-electron chi connectivity index (χ0n) is 37.2. The van der Waals surface area contributed by atoms with Crippen LogP contribution in [-0.4, -0.2) is 29.5 Å². The van der Waals surface area contributed by atoms with Crippen molar-refractivity contribution < 1.29 is 13.9 Å². The molecule has 2 aromatic heterocycles. The van der Waals surface area contributed by atoms with E-state index in [1.54, 1.807) is 5.56 Å². The molecule has 0 fully saturated rings. The van der Waals surface area contributed by atoms with E-state index in [1.807, 2.05) is 11.3 Å². The Bertz CT molecular complexity index is 2760. The lowest BCUT2D eigenvalue weighted by Gasteiger charge is -2.42. The first-order chi connectivity index (χ1) is 27.4. The fraction of sp³-hybridized carbons (Fsp3) is 0.444. The molecule has 0 saturated heterocycles. The number of pyridine rings is 1. The van der Waals surface area contributed by atoms with Gasteiger partial charge in [-0.1, -0.05) is 105 Å². The molecule has 0 spiro atoms. The summed E-state index contributed by atoms with van der Waals surface area (Å²) < 4.78 is 14.7. The van der Waals surface area contributed by atoms with Gasteiger partial charge in [-0.15, -0.1) is 11.3 Å². The van der Waals surface area contributed by atoms with Gasteiger partial charge in [0.2, 0.25) is 5.69 Å². The van der Waals surface area contributed by atoms with Crippen molar-refractivity contribution in [2.75, 3.05) is 13.2 Å². The van der Waals surface area contributed by atoms with Gasteiger partial charge in [0.25, 0.3) is 0 Å². The second-order valence-electron chi connectivity index (χ2n) is 20.8. The van der Waals surface area contributed by atoms with Crippen LogP contribution in [0.5, 0.6) is 0 Å². The van der Waals surface area contributed by atoms with E-state index < -0.39 is 0 Å². The molecule has 3 nitrogen and oxygen atoms in total. The summed E-state index contributed by atoms with van der Waals surface area (Å²) >= 11 is 2.01. The molecule has 2 aliphatic heterocycles. The van der Waals surface area contributed by atoms with E-state index in [0.717, 1.165) is 18.7 Å². The predicted octanol–water partition coefficient (Wildman–Crippen LogP) is 14.0. The summed E-state index contributed by atoms with van der Waals surface area (Å²) in [6, 6.07) is 24.5. The highest BCUT2D eigenvalue weighted by atomic mass is 32.1. The number of benzene rings is 4. The largest absolute Gasteiger partial charge is 0.498 e. The third-order valence-electron chi connectivity index (χ3n) is 14.2. The normalized spacial score (nSPS) is 21.8. The molecule has 58 heavy (non-hydrogen) atoms. The Kier molecular flexibility index (Phi) is 9.21. The van der Waals surface area contributed by atoms with Gasteiger partial charge < -0.3 is 4.74 Å². The molecule has 4 heterocycles. The van der Waals surface area contributed by atoms with Crippen molar-refractivity contribution in [2.24, 2.45) is 5.92 Å². The smallest absolute Gasteiger partial charge is 0.221 e. The van der Waals surface area contributed by atoms with Crippen LogP contribution in [0.2, 0.25) is 0 Å². The van der Waals surface area contributed by atoms with Crippen LogP contribution >= 0.6 is 11.3 Å². The van der Waals surface area contributed by atoms with Crippen LogP contribution in [0, 0.1) is 5.92 Å². The Hall–Kier alpha value is -4.28. The number of aromatic nitrogens is 1. The van der Waals surface area contributed by atoms with E-state index in [-0.39, 0.29) is 28.2 Å². The third kappa shape index (κ3) is 6.10. The molecular weight excluding hydrogens is 725 g/mol. The van der Waals surface area contributed by atoms with Crippen LogP contribution in [0.4, 0.5) is 0 Å². The van der Waals surface area contributed by atoms with Gasteiger partial charge in [-0.05, 0) is 113 Å². The molecule has 0 saturated carbocycles. The number of rotatable bonds is 2. The topological polar surface area (TPSA) is 16.1 Å². The maximum absolute atomic E-state index is 6.65. The van der Waals surface area contributed by atoms with Gasteiger partial charge >= 0.3 is 0 Å². The van der Waals surface area contributed by atoms with E-state index in [4.69, 9.17) is 11.3 Å². The first kappa shape index (κ1) is 39.2. The SMILES string of the molecule is C=C1C[N+](C(C)C)=C(C(C)C)/C=C(/C)OCCC2c3c(cc(C(C)(C)C)c4ccccc34)-c3c4cc5c(cc4cc[n+]3C12)sc1c2c(ccc15)C(C)(C)CCC2(C)C. The van der Waals surface area contributed by atoms with Crippen molar-refractivity contribution in [3.8, 4) is 11.3 Å². The summed E-state index contributed by atoms with van der Waals surface area (Å²) in [7, 11) is 0. The van der Waals surface area contributed by atoms with Gasteiger partial charge in [0.1, 0.15) is 6.04 Å². The van der Waals surface area contributed by atoms with Crippen LogP contribution < -0.4 is 4.57 Å². The fourth-order valence-electron chi connectivity index (χ4n) is 11.1. The molecule has 4 aromatic carbocycles. The first-order valence-electron chi connectivity index (χ1n) is 21.9. The summed E-state index contributed by atoms with van der Waals surface area (Å²) in [5.41, 5.74) is 11.5. The molecule has 2 atom stereocenters. The molecule has 0 amide bonds. The van der Waals surface area contributed by atoms with Crippen LogP contribution in [0.25, 0.3) is 53.0 Å². The molecule has 0 bridgehead atoms. The van der Waals surface area contributed by atoms with Gasteiger partial charge in [-0.2, -0.15) is 4.57 Å². The molecule has 2 unspecified atom stereocenters. The van der Waals surface area contributed by atoms with Gasteiger partial charge in [-0.25, -0.2) is 4.58 Å². The van der Waals surface area contributed by atoms with Crippen molar-refractivity contribution in [1.82, 2.24) is 0 Å². The lowest BCUT2D eigenvalue weighted by Crippen LogP contribution is -2.50. The van der Waals surface area contributed by atoms with Gasteiger partial charge in [0.05, 0.1) is 34.8 Å². The molecule has 3 aliphatic rings. The minimum absolute atomic E-state index is 0.0406. The number of ether oxygens (including phenoxy) is 1. The van der Waals surface area contributed by atoms with E-state index in [1.165, 1.54) is 93.8 Å². The molecule has 9 rings (SSSR count). The van der Waals surface area contributed by atoms with Crippen molar-refractivity contribution in [2.45, 2.75) is 137 Å². The maximum atomic E-state index is 6.65. The molecule has 1 aliphatic carbocycles. The highest BCUT2D eigenvalue weighted by Gasteiger charge is 2.46. The van der Waals surface area contributed by atoms with Crippen molar-refractivity contribution in [3.05, 3.63) is 113 Å². The summed E-state index contributed by atoms with van der Waals surface area (Å²) in [6.07, 6.45) is 8.03. The highest BCUT2D eigenvalue weighted by Crippen LogP contribution is 2.53. The quantitative estimate of drug-likeness (QED) is 0.126. The number of thiophene rings is 1. The zero-order valence-corrected chi connectivity index (χ0v) is 38.0. The average molecular weight is 789 g/mol. The Labute approximate surface area is 351 Å². The molecule has 0 N–H and O–H groups in total. The molecular formula is C54H64N2OS+2. The average Bonchev–Trinajstić information content (AvgIpc) is 3.51. The highest BCUT2D eigenvalue weighted by molar-refractivity contribution is 7.26. The standard InChI is InChI=1S/C54H64N2OS/c1-31(2)45-26-34(6)57-25-21-39-47-37-17-15-14-16-36(37)44(52(7,8)9)29-42(47)50-40-28-41-38-18-19-43-48(54(12,13)23-22-53(43,10)11)51(38)58-46(41)27-35(40)20-24-55(50)49(39)33(5)30-56(45)32(3)4/h14-20,24,26-29,31-32,39,49H,5,21-23,25,30H2,1-4,6-13H3/q+2/b34-26-,56-45?. The van der Waals surface area contributed by atoms with Crippen LogP contribution in [0.1, 0.15) is 137 Å². The Morgan fingerprint density at radius 1 is 0.845 bits per heavy atom. The van der Waals surface area contributed by atoms with E-state index >= 15 is 0 Å². The molecule has 4 heteroatoms. The summed E-state index contributed by atoms with van der Waals surface area (Å²) in [6.45, 7) is 34.8. The lowest BCUT2D eigenvalue weighted by atomic mass is 9.63. The van der Waals surface area contributed by atoms with Crippen molar-refractivity contribution in [3.63, 3.8) is 0 Å². The molecule has 0 radical (unpaired) electrons. The van der Waals surface area contributed by atoms with Crippen LogP contribution in [-0.2, 0) is 21.0 Å². The molecule has 300 valence electrons. The van der Waals surface area contributed by atoms with Crippen molar-refractivity contribution >= 4 is 58.8 Å². The second kappa shape index (κ2) is 13.6. The number of hydrogen-bond acceptors (Lipinski definition) is 2. The van der Waals surface area contributed by atoms with Crippen LogP contribution in [0.15, 0.2) is 90.8 Å². The third-order valence-corrected chi connectivity index (χ3v) is 15.4. The fourth-order valence-corrected chi connectivity index (χ4v) is 12.5. The minimum Gasteiger partial charge on any atom is -0.498 e. The van der Waals surface area contributed by atoms with Gasteiger partial charge in [0.15, 0.2) is 24.5 Å². The molecule has 6 aromatic rings. The number of hydrogen-bond donors (Lipinski definition) is 0. The van der Waals surface area contributed by atoms with E-state index in [9.17, 15) is 0 Å². The second-order valence-corrected chi connectivity index (χ2v) is 21.9. The Morgan fingerprint density at radius 2 is 1.57 bits per heavy atom. The number of fused-ring (bicyclic) bond motifs is 15. The van der Waals surface area contributed by atoms with Gasteiger partial charge in [0, 0.05) is 38.2 Å². The van der Waals surface area contributed by atoms with E-state index in [2.05, 4.69) is 165 Å². The number of allylic oxidation sites excluding steroid dienone is 2. The summed E-state index contributed by atoms with van der Waals surface area (Å²) in [4.78, 5) is 0. The predicted molar refractivity (Wildman–Crippen MR) is 249 cm³/mol. The lowest BCUT2D eigenvalue weighted by molar-refractivity contribution is -0.711. The summed E-state index contributed by atoms with van der Waals surface area (Å²) in [5.74, 6) is 1.52. The Balaban J connectivity index is 1.38. The van der Waals surface area contributed by atoms with E-state index in [0.29, 0.717) is 18.6 Å². The Morgan fingerprint density at radius 3 is 2.28 bits per heavy atom. The minimum atomic E-state index is -0.0406. The monoisotopic (exact) mass is 788 g/mol. The first-order valence-corrected chi connectivity index (χ1v) is 22.8. The number of nitrogens with zero attached hydrogens (tertiary/aromatic N) is 2. The summed E-state index contributed by atoms with van der Waals surface area (Å²) in [5, 5.41) is 8.14. The maximum Gasteiger partial charge on any atom is 0.221 e. The zero-order chi connectivity index (χ0) is 41.2. The van der Waals surface area contributed by atoms with Crippen LogP contribution in [0.3, 0.4) is 0 Å².